The van der Waals surface area contributed by atoms with Crippen molar-refractivity contribution >= 4 is 35.9 Å². The monoisotopic (exact) mass is 630 g/mol. The summed E-state index contributed by atoms with van der Waals surface area (Å²) in [6, 6.07) is 1.62. The SMILES string of the molecule is C=C1C(C2C(OC(C)=O)CC(=O)OC3(C)COC(=O)CC23)C(C(=O)O)C(OC(C)CC=O)C2(C)C(c3ccoc3)CC(=O)C12O. The molecule has 2 aliphatic carbocycles. The van der Waals surface area contributed by atoms with Crippen molar-refractivity contribution in [2.24, 2.45) is 29.1 Å². The molecule has 3 heterocycles. The van der Waals surface area contributed by atoms with E-state index in [1.807, 2.05) is 0 Å². The fourth-order valence-corrected chi connectivity index (χ4v) is 8.52. The van der Waals surface area contributed by atoms with Crippen molar-refractivity contribution in [3.05, 3.63) is 36.3 Å². The fourth-order valence-electron chi connectivity index (χ4n) is 8.52. The second-order valence-electron chi connectivity index (χ2n) is 13.1. The van der Waals surface area contributed by atoms with Crippen molar-refractivity contribution in [2.75, 3.05) is 6.61 Å². The van der Waals surface area contributed by atoms with Gasteiger partial charge in [0.2, 0.25) is 0 Å². The van der Waals surface area contributed by atoms with E-state index in [1.54, 1.807) is 26.8 Å². The zero-order valence-electron chi connectivity index (χ0n) is 25.6. The molecule has 2 aliphatic heterocycles. The topological polar surface area (TPSA) is 193 Å². The Morgan fingerprint density at radius 1 is 1.18 bits per heavy atom. The van der Waals surface area contributed by atoms with Gasteiger partial charge in [0, 0.05) is 48.9 Å². The Morgan fingerprint density at radius 2 is 1.89 bits per heavy atom. The highest BCUT2D eigenvalue weighted by atomic mass is 16.6. The Kier molecular flexibility index (Phi) is 8.32. The summed E-state index contributed by atoms with van der Waals surface area (Å²) in [5.41, 5.74) is -5.10. The molecule has 0 bridgehead atoms. The molecule has 13 heteroatoms. The highest BCUT2D eigenvalue weighted by Gasteiger charge is 2.75. The number of fused-ring (bicyclic) bond motifs is 2. The van der Waals surface area contributed by atoms with Crippen molar-refractivity contribution in [1.82, 2.24) is 0 Å². The number of esters is 3. The Labute approximate surface area is 259 Å². The smallest absolute Gasteiger partial charge is 0.310 e. The van der Waals surface area contributed by atoms with E-state index >= 15 is 0 Å². The van der Waals surface area contributed by atoms with Gasteiger partial charge < -0.3 is 38.4 Å². The first-order valence-corrected chi connectivity index (χ1v) is 14.9. The summed E-state index contributed by atoms with van der Waals surface area (Å²) in [5.74, 6) is -10.1. The van der Waals surface area contributed by atoms with Crippen molar-refractivity contribution < 1.29 is 62.3 Å². The van der Waals surface area contributed by atoms with Crippen molar-refractivity contribution in [3.63, 3.8) is 0 Å². The maximum atomic E-state index is 14.1. The van der Waals surface area contributed by atoms with Gasteiger partial charge in [0.25, 0.3) is 0 Å². The molecule has 2 N–H and O–H groups in total. The van der Waals surface area contributed by atoms with Gasteiger partial charge in [-0.25, -0.2) is 0 Å². The number of carbonyl (C=O) groups excluding carboxylic acids is 5. The minimum Gasteiger partial charge on any atom is -0.481 e. The molecule has 4 fully saturated rings. The van der Waals surface area contributed by atoms with Gasteiger partial charge in [-0.2, -0.15) is 0 Å². The van der Waals surface area contributed by atoms with Gasteiger partial charge in [0.05, 0.1) is 43.5 Å². The molecule has 2 saturated carbocycles. The third-order valence-corrected chi connectivity index (χ3v) is 10.5. The number of carboxylic acid groups (broad SMARTS) is 1. The summed E-state index contributed by atoms with van der Waals surface area (Å²) in [4.78, 5) is 77.3. The van der Waals surface area contributed by atoms with Gasteiger partial charge in [-0.1, -0.05) is 13.5 Å². The van der Waals surface area contributed by atoms with Crippen molar-refractivity contribution in [2.45, 2.75) is 88.8 Å². The first-order valence-electron chi connectivity index (χ1n) is 14.9. The zero-order valence-corrected chi connectivity index (χ0v) is 25.6. The van der Waals surface area contributed by atoms with Crippen molar-refractivity contribution in [3.8, 4) is 0 Å². The molecule has 1 aromatic rings. The maximum Gasteiger partial charge on any atom is 0.310 e. The van der Waals surface area contributed by atoms with E-state index in [4.69, 9.17) is 23.4 Å². The average molecular weight is 631 g/mol. The highest BCUT2D eigenvalue weighted by molar-refractivity contribution is 5.96. The molecule has 13 nitrogen and oxygen atoms in total. The number of hydrogen-bond acceptors (Lipinski definition) is 12. The molecule has 2 saturated heterocycles. The van der Waals surface area contributed by atoms with Crippen LogP contribution in [0.5, 0.6) is 0 Å². The standard InChI is InChI=1S/C32H38O13/c1-15(6-8-33)43-28-27(29(38)39)25(16(2)32(40)22(35)10-19(31(28,32)5)18-7-9-41-13-18)26-20-11-23(36)42-14-30(20,4)45-24(37)12-21(26)44-17(3)34/h7-9,13,15,19-21,25-28,40H,2,6,10-12,14H2,1,3-5H3,(H,38,39). The number of ether oxygens (including phenoxy) is 4. The number of cyclic esters (lactones) is 1. The van der Waals surface area contributed by atoms with Crippen LogP contribution >= 0.6 is 0 Å². The van der Waals surface area contributed by atoms with Gasteiger partial charge in [0.1, 0.15) is 24.6 Å². The number of aliphatic carboxylic acids is 1. The van der Waals surface area contributed by atoms with E-state index in [1.165, 1.54) is 12.5 Å². The minimum absolute atomic E-state index is 0.109. The third kappa shape index (κ3) is 5.00. The van der Waals surface area contributed by atoms with Crippen LogP contribution in [0.25, 0.3) is 0 Å². The summed E-state index contributed by atoms with van der Waals surface area (Å²) in [6.45, 7) is 9.63. The average Bonchev–Trinajstić information content (AvgIpc) is 3.52. The normalized spacial score (nSPS) is 40.3. The zero-order chi connectivity index (χ0) is 33.1. The van der Waals surface area contributed by atoms with Gasteiger partial charge in [-0.15, -0.1) is 0 Å². The van der Waals surface area contributed by atoms with Gasteiger partial charge in [0.15, 0.2) is 11.4 Å². The van der Waals surface area contributed by atoms with E-state index < -0.39 is 101 Å². The maximum absolute atomic E-state index is 14.1. The predicted molar refractivity (Wildman–Crippen MR) is 150 cm³/mol. The second-order valence-corrected chi connectivity index (χ2v) is 13.1. The molecule has 0 radical (unpaired) electrons. The third-order valence-electron chi connectivity index (χ3n) is 10.5. The summed E-state index contributed by atoms with van der Waals surface area (Å²) in [6.07, 6.45) is -1.29. The van der Waals surface area contributed by atoms with E-state index in [0.29, 0.717) is 11.8 Å². The van der Waals surface area contributed by atoms with Gasteiger partial charge in [-0.3, -0.25) is 24.0 Å². The van der Waals surface area contributed by atoms with Crippen LogP contribution in [0.4, 0.5) is 0 Å². The van der Waals surface area contributed by atoms with Gasteiger partial charge in [-0.05, 0) is 31.1 Å². The summed E-state index contributed by atoms with van der Waals surface area (Å²) in [5, 5.41) is 23.7. The number of carboxylic acids is 1. The van der Waals surface area contributed by atoms with Crippen LogP contribution < -0.4 is 0 Å². The van der Waals surface area contributed by atoms with Gasteiger partial charge >= 0.3 is 23.9 Å². The lowest BCUT2D eigenvalue weighted by Crippen LogP contribution is -2.69. The molecule has 244 valence electrons. The lowest BCUT2D eigenvalue weighted by Gasteiger charge is -2.59. The first kappa shape index (κ1) is 32.6. The molecule has 11 unspecified atom stereocenters. The van der Waals surface area contributed by atoms with Crippen LogP contribution in [0, 0.1) is 29.1 Å². The molecule has 11 atom stereocenters. The molecule has 1 aromatic heterocycles. The molecule has 5 rings (SSSR count). The Morgan fingerprint density at radius 3 is 2.49 bits per heavy atom. The lowest BCUT2D eigenvalue weighted by atomic mass is 9.48. The van der Waals surface area contributed by atoms with Crippen LogP contribution in [0.1, 0.15) is 64.9 Å². The van der Waals surface area contributed by atoms with Crippen LogP contribution in [0.2, 0.25) is 0 Å². The molecule has 0 spiro atoms. The first-order chi connectivity index (χ1) is 21.1. The van der Waals surface area contributed by atoms with Crippen molar-refractivity contribution in [1.29, 1.82) is 0 Å². The largest absolute Gasteiger partial charge is 0.481 e. The summed E-state index contributed by atoms with van der Waals surface area (Å²) >= 11 is 0. The Hall–Kier alpha value is -3.84. The van der Waals surface area contributed by atoms with E-state index in [-0.39, 0.29) is 31.4 Å². The highest BCUT2D eigenvalue weighted by Crippen LogP contribution is 2.67. The predicted octanol–water partition coefficient (Wildman–Crippen LogP) is 2.14. The number of ketones is 1. The lowest BCUT2D eigenvalue weighted by molar-refractivity contribution is -0.219. The van der Waals surface area contributed by atoms with E-state index in [9.17, 15) is 39.0 Å². The molecule has 0 aromatic carbocycles. The van der Waals surface area contributed by atoms with Crippen LogP contribution in [-0.4, -0.2) is 82.3 Å². The number of rotatable bonds is 8. The molecule has 45 heavy (non-hydrogen) atoms. The fraction of sp³-hybridized carbons (Fsp3) is 0.625. The number of furan rings is 1. The number of aliphatic hydroxyl groups is 1. The molecular weight excluding hydrogens is 592 g/mol. The summed E-state index contributed by atoms with van der Waals surface area (Å²) in [7, 11) is 0. The number of Topliss-reactive ketones (excluding diaryl/α,β-unsaturated/α-hetero) is 1. The number of carbonyl (C=O) groups is 6. The number of aldehydes is 1. The quantitative estimate of drug-likeness (QED) is 0.184. The Balaban J connectivity index is 1.78. The van der Waals surface area contributed by atoms with E-state index in [2.05, 4.69) is 6.58 Å². The Bertz CT molecular complexity index is 1420. The molecular formula is C32H38O13. The second kappa shape index (κ2) is 11.5. The number of hydrogen-bond donors (Lipinski definition) is 2. The van der Waals surface area contributed by atoms with Crippen LogP contribution in [0.3, 0.4) is 0 Å². The molecule has 4 aliphatic rings. The van der Waals surface area contributed by atoms with Crippen LogP contribution in [0.15, 0.2) is 35.2 Å². The van der Waals surface area contributed by atoms with E-state index in [0.717, 1.165) is 6.92 Å². The van der Waals surface area contributed by atoms with Crippen LogP contribution in [-0.2, 0) is 47.7 Å². The summed E-state index contributed by atoms with van der Waals surface area (Å²) < 4.78 is 28.3. The minimum atomic E-state index is -2.37. The molecule has 0 amide bonds.